The number of carbonyl (C=O) groups excluding carboxylic acids is 1. The van der Waals surface area contributed by atoms with Crippen LogP contribution in [0.4, 0.5) is 4.79 Å². The lowest BCUT2D eigenvalue weighted by molar-refractivity contribution is -0.00424. The molecule has 2 unspecified atom stereocenters. The van der Waals surface area contributed by atoms with E-state index in [1.165, 1.54) is 32.5 Å². The van der Waals surface area contributed by atoms with Crippen molar-refractivity contribution in [3.8, 4) is 0 Å². The summed E-state index contributed by atoms with van der Waals surface area (Å²) < 4.78 is 102. The molecule has 7 aromatic rings. The second kappa shape index (κ2) is 15.6. The molecule has 342 valence electrons. The van der Waals surface area contributed by atoms with Gasteiger partial charge in [0.1, 0.15) is 5.54 Å². The van der Waals surface area contributed by atoms with E-state index in [1.54, 1.807) is 109 Å². The number of fused-ring (bicyclic) bond motifs is 2. The molecule has 2 N–H and O–H groups in total. The van der Waals surface area contributed by atoms with E-state index >= 15 is 0 Å². The normalized spacial score (nSPS) is 21.1. The van der Waals surface area contributed by atoms with Gasteiger partial charge in [-0.25, -0.2) is 29.6 Å². The van der Waals surface area contributed by atoms with Crippen LogP contribution in [0, 0.1) is 20.8 Å². The van der Waals surface area contributed by atoms with Gasteiger partial charge in [-0.3, -0.25) is 5.32 Å². The van der Waals surface area contributed by atoms with Gasteiger partial charge < -0.3 is 9.74 Å². The smallest absolute Gasteiger partial charge is 0.321 e. The number of nitrogens with zero attached hydrogens (tertiary/aromatic N) is 3. The first-order valence-electron chi connectivity index (χ1n) is 21.5. The first-order valence-corrected chi connectivity index (χ1v) is 28.7. The number of hydrogen-bond donors (Lipinski definition) is 2. The molecule has 3 heterocycles. The second-order valence-corrected chi connectivity index (χ2v) is 28.9. The molecule has 1 spiro atoms. The zero-order valence-corrected chi connectivity index (χ0v) is 41.2. The number of para-hydroxylation sites is 2. The van der Waals surface area contributed by atoms with Crippen molar-refractivity contribution in [1.82, 2.24) is 18.6 Å². The van der Waals surface area contributed by atoms with Crippen molar-refractivity contribution < 1.29 is 34.5 Å². The quantitative estimate of drug-likeness (QED) is 0.128. The van der Waals surface area contributed by atoms with Gasteiger partial charge in [-0.2, -0.15) is 8.42 Å². The van der Waals surface area contributed by atoms with Crippen LogP contribution in [0.3, 0.4) is 0 Å². The summed E-state index contributed by atoms with van der Waals surface area (Å²) in [7, 11) is -15.8. The molecule has 5 aromatic carbocycles. The van der Waals surface area contributed by atoms with Gasteiger partial charge in [0, 0.05) is 35.0 Å². The van der Waals surface area contributed by atoms with E-state index in [4.69, 9.17) is 4.43 Å². The molecule has 4 atom stereocenters. The van der Waals surface area contributed by atoms with Crippen molar-refractivity contribution in [2.24, 2.45) is 4.40 Å². The van der Waals surface area contributed by atoms with Crippen molar-refractivity contribution >= 4 is 72.1 Å². The number of benzene rings is 5. The molecular weight excluding hydrogens is 911 g/mol. The molecule has 17 heteroatoms. The molecule has 1 saturated heterocycles. The molecule has 2 aliphatic rings. The Morgan fingerprint density at radius 1 is 0.606 bits per heavy atom. The number of amides is 2. The minimum Gasteiger partial charge on any atom is -0.412 e. The third kappa shape index (κ3) is 7.22. The Bertz CT molecular complexity index is 3300. The van der Waals surface area contributed by atoms with Crippen LogP contribution in [0.15, 0.2) is 153 Å². The van der Waals surface area contributed by atoms with E-state index in [9.17, 15) is 30.0 Å². The summed E-state index contributed by atoms with van der Waals surface area (Å²) in [5, 5.41) is 6.54. The maximum absolute atomic E-state index is 14.7. The first-order chi connectivity index (χ1) is 31.0. The van der Waals surface area contributed by atoms with Gasteiger partial charge in [0.2, 0.25) is 0 Å². The maximum atomic E-state index is 14.7. The number of hydrogen-bond acceptors (Lipinski definition) is 8. The fraction of sp³-hybridized carbons (Fsp3) is 0.265. The number of sulfonamides is 1. The highest BCUT2D eigenvalue weighted by Crippen LogP contribution is 2.62. The van der Waals surface area contributed by atoms with Crippen molar-refractivity contribution in [3.05, 3.63) is 162 Å². The molecule has 2 amide bonds. The monoisotopic (exact) mass is 961 g/mol. The Hall–Kier alpha value is -5.85. The van der Waals surface area contributed by atoms with Crippen LogP contribution in [0.1, 0.15) is 60.4 Å². The number of rotatable bonds is 10. The third-order valence-corrected chi connectivity index (χ3v) is 22.7. The van der Waals surface area contributed by atoms with Crippen molar-refractivity contribution in [1.29, 1.82) is 0 Å². The molecule has 0 bridgehead atoms. The number of urea groups is 1. The van der Waals surface area contributed by atoms with E-state index in [-0.39, 0.29) is 25.6 Å². The van der Waals surface area contributed by atoms with Crippen molar-refractivity contribution in [3.63, 3.8) is 0 Å². The van der Waals surface area contributed by atoms with Crippen LogP contribution < -0.4 is 10.6 Å². The maximum Gasteiger partial charge on any atom is 0.321 e. The van der Waals surface area contributed by atoms with Gasteiger partial charge in [0.25, 0.3) is 30.1 Å². The topological polar surface area (TPSA) is 175 Å². The average molecular weight is 962 g/mol. The van der Waals surface area contributed by atoms with Crippen LogP contribution in [-0.4, -0.2) is 65.0 Å². The number of aromatic nitrogens is 2. The molecule has 1 aliphatic heterocycles. The largest absolute Gasteiger partial charge is 0.412 e. The van der Waals surface area contributed by atoms with Crippen LogP contribution in [0.25, 0.3) is 21.8 Å². The summed E-state index contributed by atoms with van der Waals surface area (Å²) in [6.45, 7) is 16.0. The summed E-state index contributed by atoms with van der Waals surface area (Å²) >= 11 is 0. The highest BCUT2D eigenvalue weighted by atomic mass is 32.2. The lowest BCUT2D eigenvalue weighted by Crippen LogP contribution is -2.73. The molecule has 13 nitrogen and oxygen atoms in total. The highest BCUT2D eigenvalue weighted by molar-refractivity contribution is 7.90. The summed E-state index contributed by atoms with van der Waals surface area (Å²) in [6, 6.07) is 32.5. The predicted octanol–water partition coefficient (Wildman–Crippen LogP) is 9.11. The standard InChI is InChI=1S/C49H51N5O8S3Si/c1-31-17-23-34(24-18-31)63(56,57)52-46-49(51-47(55)50-46)43(39-29-53(41-15-11-9-13-37(39)41)64(58,59)35-25-19-32(2)20-26-35)45(62-66(7,8)48(4,5)6)44(49)40-30-54(42-16-12-10-14-38(40)42)65(60,61)36-27-21-33(3)22-28-36/h9-30,43-45H,1-8H3,(H2,50,51,52,55)/t43-,44+,45?,49?. The van der Waals surface area contributed by atoms with E-state index in [0.29, 0.717) is 32.9 Å². The number of carbonyl (C=O) groups is 1. The molecule has 1 saturated carbocycles. The second-order valence-electron chi connectivity index (χ2n) is 18.9. The SMILES string of the molecule is Cc1ccc(S(=O)(=O)/N=C2\NC(=O)NC23[C@H](c2cn(S(=O)(=O)c4ccc(C)cc4)c4ccccc24)C(O[Si](C)(C)C(C)(C)C)[C@@H]3c2cn(S(=O)(=O)c3ccc(C)cc3)c3ccccc23)cc1. The molecule has 0 radical (unpaired) electrons. The van der Waals surface area contributed by atoms with Gasteiger partial charge in [-0.05, 0) is 98.6 Å². The van der Waals surface area contributed by atoms with E-state index < -0.39 is 67.9 Å². The Kier molecular flexibility index (Phi) is 10.7. The Balaban J connectivity index is 1.37. The third-order valence-electron chi connectivity index (χ3n) is 13.6. The summed E-state index contributed by atoms with van der Waals surface area (Å²) in [4.78, 5) is 14.2. The van der Waals surface area contributed by atoms with Gasteiger partial charge in [0.15, 0.2) is 14.2 Å². The minimum atomic E-state index is -4.52. The molecule has 1 aliphatic carbocycles. The summed E-state index contributed by atoms with van der Waals surface area (Å²) in [5.74, 6) is -2.25. The van der Waals surface area contributed by atoms with Gasteiger partial charge in [-0.1, -0.05) is 110 Å². The van der Waals surface area contributed by atoms with Crippen molar-refractivity contribution in [2.75, 3.05) is 0 Å². The lowest BCUT2D eigenvalue weighted by atomic mass is 9.52. The Morgan fingerprint density at radius 3 is 1.41 bits per heavy atom. The number of aryl methyl sites for hydroxylation is 3. The van der Waals surface area contributed by atoms with Gasteiger partial charge >= 0.3 is 6.03 Å². The van der Waals surface area contributed by atoms with E-state index in [2.05, 4.69) is 48.9 Å². The highest BCUT2D eigenvalue weighted by Gasteiger charge is 2.72. The first kappa shape index (κ1) is 45.3. The van der Waals surface area contributed by atoms with E-state index in [1.807, 2.05) is 20.8 Å². The van der Waals surface area contributed by atoms with Crippen LogP contribution in [0.5, 0.6) is 0 Å². The predicted molar refractivity (Wildman–Crippen MR) is 259 cm³/mol. The molecule has 2 aromatic heterocycles. The Labute approximate surface area is 386 Å². The fourth-order valence-corrected chi connectivity index (χ4v) is 14.2. The Morgan fingerprint density at radius 2 is 1.00 bits per heavy atom. The van der Waals surface area contributed by atoms with Crippen molar-refractivity contribution in [2.45, 2.75) is 97.8 Å². The van der Waals surface area contributed by atoms with Crippen LogP contribution in [0.2, 0.25) is 18.1 Å². The summed E-state index contributed by atoms with van der Waals surface area (Å²) in [5.41, 5.74) is 2.39. The van der Waals surface area contributed by atoms with Gasteiger partial charge in [0.05, 0.1) is 31.8 Å². The van der Waals surface area contributed by atoms with Gasteiger partial charge in [-0.15, -0.1) is 4.40 Å². The average Bonchev–Trinajstić information content (AvgIpc) is 3.93. The lowest BCUT2D eigenvalue weighted by Gasteiger charge is -2.60. The van der Waals surface area contributed by atoms with Crippen LogP contribution in [-0.2, 0) is 34.5 Å². The molecular formula is C49H51N5O8S3Si. The number of amidine groups is 1. The summed E-state index contributed by atoms with van der Waals surface area (Å²) in [6.07, 6.45) is 2.15. The number of nitrogens with one attached hydrogen (secondary N) is 2. The minimum absolute atomic E-state index is 0.0561. The van der Waals surface area contributed by atoms with Crippen LogP contribution >= 0.6 is 0 Å². The molecule has 2 fully saturated rings. The van der Waals surface area contributed by atoms with E-state index in [0.717, 1.165) is 16.7 Å². The zero-order valence-electron chi connectivity index (χ0n) is 37.8. The molecule has 66 heavy (non-hydrogen) atoms. The zero-order chi connectivity index (χ0) is 47.4. The fourth-order valence-electron chi connectivity index (χ4n) is 9.10. The molecule has 9 rings (SSSR count).